The number of rotatable bonds is 1. The molecule has 0 aromatic heterocycles. The number of aliphatic hydroxyl groups is 1. The van der Waals surface area contributed by atoms with Gasteiger partial charge in [-0.1, -0.05) is 13.8 Å². The second kappa shape index (κ2) is 3.46. The van der Waals surface area contributed by atoms with Crippen molar-refractivity contribution in [2.45, 2.75) is 70.7 Å². The van der Waals surface area contributed by atoms with Gasteiger partial charge in [0.2, 0.25) is 0 Å². The highest BCUT2D eigenvalue weighted by molar-refractivity contribution is 5.11. The average molecular weight is 212 g/mol. The van der Waals surface area contributed by atoms with E-state index >= 15 is 0 Å². The Morgan fingerprint density at radius 2 is 1.93 bits per heavy atom. The van der Waals surface area contributed by atoms with Crippen molar-refractivity contribution in [1.82, 2.24) is 0 Å². The molecule has 1 saturated heterocycles. The van der Waals surface area contributed by atoms with Crippen LogP contribution in [0.3, 0.4) is 0 Å². The molecule has 0 radical (unpaired) electrons. The van der Waals surface area contributed by atoms with Gasteiger partial charge in [-0.15, -0.1) is 0 Å². The fourth-order valence-corrected chi connectivity index (χ4v) is 3.72. The summed E-state index contributed by atoms with van der Waals surface area (Å²) in [6.45, 7) is 8.59. The first kappa shape index (κ1) is 11.4. The Morgan fingerprint density at radius 1 is 1.27 bits per heavy atom. The normalized spacial score (nSPS) is 50.8. The van der Waals surface area contributed by atoms with Gasteiger partial charge in [0.05, 0.1) is 17.3 Å². The first-order valence-corrected chi connectivity index (χ1v) is 6.29. The Bertz CT molecular complexity index is 247. The molecule has 15 heavy (non-hydrogen) atoms. The Kier molecular flexibility index (Phi) is 2.63. The van der Waals surface area contributed by atoms with Crippen molar-refractivity contribution in [3.8, 4) is 0 Å². The third-order valence-electron chi connectivity index (χ3n) is 4.59. The molecule has 2 fully saturated rings. The van der Waals surface area contributed by atoms with E-state index in [1.165, 1.54) is 0 Å². The SMILES string of the molecule is CC1CCC2(O1)C(C(C)C)CCC2(C)O. The van der Waals surface area contributed by atoms with Crippen LogP contribution in [-0.4, -0.2) is 22.4 Å². The molecule has 2 nitrogen and oxygen atoms in total. The maximum Gasteiger partial charge on any atom is 0.1000 e. The smallest absolute Gasteiger partial charge is 0.1000 e. The van der Waals surface area contributed by atoms with E-state index in [1.54, 1.807) is 0 Å². The van der Waals surface area contributed by atoms with Crippen molar-refractivity contribution in [2.24, 2.45) is 11.8 Å². The minimum absolute atomic E-state index is 0.249. The lowest BCUT2D eigenvalue weighted by Gasteiger charge is -2.42. The summed E-state index contributed by atoms with van der Waals surface area (Å²) in [5.74, 6) is 1.13. The molecular weight excluding hydrogens is 188 g/mol. The molecule has 1 saturated carbocycles. The first-order valence-electron chi connectivity index (χ1n) is 6.29. The van der Waals surface area contributed by atoms with E-state index in [9.17, 15) is 5.11 Å². The molecule has 1 N–H and O–H groups in total. The van der Waals surface area contributed by atoms with E-state index in [0.29, 0.717) is 17.9 Å². The molecule has 1 aliphatic carbocycles. The zero-order chi connectivity index (χ0) is 11.3. The van der Waals surface area contributed by atoms with Gasteiger partial charge in [0, 0.05) is 0 Å². The van der Waals surface area contributed by atoms with Gasteiger partial charge in [-0.3, -0.25) is 0 Å². The van der Waals surface area contributed by atoms with Gasteiger partial charge in [-0.25, -0.2) is 0 Å². The maximum atomic E-state index is 10.6. The van der Waals surface area contributed by atoms with E-state index in [1.807, 2.05) is 6.92 Å². The van der Waals surface area contributed by atoms with Crippen LogP contribution in [0, 0.1) is 11.8 Å². The lowest BCUT2D eigenvalue weighted by atomic mass is 9.75. The van der Waals surface area contributed by atoms with Gasteiger partial charge in [0.15, 0.2) is 0 Å². The molecule has 2 aliphatic rings. The predicted octanol–water partition coefficient (Wildman–Crippen LogP) is 2.74. The zero-order valence-electron chi connectivity index (χ0n) is 10.4. The molecule has 1 heterocycles. The van der Waals surface area contributed by atoms with E-state index in [-0.39, 0.29) is 5.60 Å². The van der Waals surface area contributed by atoms with Crippen molar-refractivity contribution in [3.63, 3.8) is 0 Å². The Balaban J connectivity index is 2.30. The predicted molar refractivity (Wildman–Crippen MR) is 60.7 cm³/mol. The van der Waals surface area contributed by atoms with Gasteiger partial charge in [0.1, 0.15) is 0 Å². The van der Waals surface area contributed by atoms with E-state index < -0.39 is 5.60 Å². The van der Waals surface area contributed by atoms with Crippen LogP contribution in [0.2, 0.25) is 0 Å². The highest BCUT2D eigenvalue weighted by Crippen LogP contribution is 2.55. The third-order valence-corrected chi connectivity index (χ3v) is 4.59. The quantitative estimate of drug-likeness (QED) is 0.724. The monoisotopic (exact) mass is 212 g/mol. The highest BCUT2D eigenvalue weighted by atomic mass is 16.5. The minimum Gasteiger partial charge on any atom is -0.387 e. The van der Waals surface area contributed by atoms with Gasteiger partial charge < -0.3 is 9.84 Å². The van der Waals surface area contributed by atoms with Crippen LogP contribution in [0.25, 0.3) is 0 Å². The van der Waals surface area contributed by atoms with Crippen molar-refractivity contribution < 1.29 is 9.84 Å². The molecule has 0 aromatic rings. The van der Waals surface area contributed by atoms with E-state index in [4.69, 9.17) is 4.74 Å². The Hall–Kier alpha value is -0.0800. The molecule has 1 spiro atoms. The van der Waals surface area contributed by atoms with Crippen molar-refractivity contribution in [2.75, 3.05) is 0 Å². The molecule has 0 amide bonds. The summed E-state index contributed by atoms with van der Waals surface area (Å²) in [6.07, 6.45) is 4.44. The van der Waals surface area contributed by atoms with Crippen LogP contribution >= 0.6 is 0 Å². The van der Waals surface area contributed by atoms with Crippen LogP contribution in [0.15, 0.2) is 0 Å². The lowest BCUT2D eigenvalue weighted by molar-refractivity contribution is -0.172. The first-order chi connectivity index (χ1) is 6.89. The molecule has 88 valence electrons. The summed E-state index contributed by atoms with van der Waals surface area (Å²) >= 11 is 0. The molecule has 0 aromatic carbocycles. The van der Waals surface area contributed by atoms with Gasteiger partial charge in [-0.05, 0) is 51.4 Å². The third kappa shape index (κ3) is 1.53. The molecule has 0 bridgehead atoms. The molecule has 4 unspecified atom stereocenters. The number of ether oxygens (including phenoxy) is 1. The molecule has 1 aliphatic heterocycles. The summed E-state index contributed by atoms with van der Waals surface area (Å²) in [6, 6.07) is 0. The Morgan fingerprint density at radius 3 is 2.40 bits per heavy atom. The average Bonchev–Trinajstić information content (AvgIpc) is 2.58. The summed E-state index contributed by atoms with van der Waals surface area (Å²) in [5, 5.41) is 10.6. The summed E-state index contributed by atoms with van der Waals surface area (Å²) < 4.78 is 6.15. The largest absolute Gasteiger partial charge is 0.387 e. The number of hydrogen-bond acceptors (Lipinski definition) is 2. The lowest BCUT2D eigenvalue weighted by Crippen LogP contribution is -2.52. The fourth-order valence-electron chi connectivity index (χ4n) is 3.72. The van der Waals surface area contributed by atoms with Crippen LogP contribution in [0.5, 0.6) is 0 Å². The van der Waals surface area contributed by atoms with Crippen LogP contribution in [-0.2, 0) is 4.74 Å². The molecular formula is C13H24O2. The topological polar surface area (TPSA) is 29.5 Å². The molecule has 4 atom stereocenters. The Labute approximate surface area is 93.0 Å². The van der Waals surface area contributed by atoms with Crippen molar-refractivity contribution >= 4 is 0 Å². The molecule has 2 rings (SSSR count). The second-order valence-corrected chi connectivity index (χ2v) is 6.02. The van der Waals surface area contributed by atoms with Crippen LogP contribution in [0.4, 0.5) is 0 Å². The van der Waals surface area contributed by atoms with Gasteiger partial charge >= 0.3 is 0 Å². The van der Waals surface area contributed by atoms with Crippen LogP contribution in [0.1, 0.15) is 53.4 Å². The summed E-state index contributed by atoms with van der Waals surface area (Å²) in [7, 11) is 0. The molecule has 2 heteroatoms. The van der Waals surface area contributed by atoms with Crippen molar-refractivity contribution in [1.29, 1.82) is 0 Å². The maximum absolute atomic E-state index is 10.6. The van der Waals surface area contributed by atoms with E-state index in [2.05, 4.69) is 20.8 Å². The summed E-state index contributed by atoms with van der Waals surface area (Å²) in [5.41, 5.74) is -0.868. The fraction of sp³-hybridized carbons (Fsp3) is 1.00. The zero-order valence-corrected chi connectivity index (χ0v) is 10.4. The van der Waals surface area contributed by atoms with Gasteiger partial charge in [-0.2, -0.15) is 0 Å². The van der Waals surface area contributed by atoms with Crippen LogP contribution < -0.4 is 0 Å². The standard InChI is InChI=1S/C13H24O2/c1-9(2)11-6-7-12(4,14)13(11)8-5-10(3)15-13/h9-11,14H,5-8H2,1-4H3. The number of hydrogen-bond donors (Lipinski definition) is 1. The highest BCUT2D eigenvalue weighted by Gasteiger charge is 2.61. The van der Waals surface area contributed by atoms with E-state index in [0.717, 1.165) is 25.7 Å². The second-order valence-electron chi connectivity index (χ2n) is 6.02. The minimum atomic E-state index is -0.618. The summed E-state index contributed by atoms with van der Waals surface area (Å²) in [4.78, 5) is 0. The van der Waals surface area contributed by atoms with Gasteiger partial charge in [0.25, 0.3) is 0 Å². The van der Waals surface area contributed by atoms with Crippen molar-refractivity contribution in [3.05, 3.63) is 0 Å².